The molecule has 0 unspecified atom stereocenters. The number of nitriles is 1. The summed E-state index contributed by atoms with van der Waals surface area (Å²) in [6.07, 6.45) is 1.60. The van der Waals surface area contributed by atoms with Gasteiger partial charge in [0.2, 0.25) is 0 Å². The Morgan fingerprint density at radius 3 is 2.67 bits per heavy atom. The Morgan fingerprint density at radius 1 is 1.33 bits per heavy atom. The summed E-state index contributed by atoms with van der Waals surface area (Å²) in [4.78, 5) is 4.26. The summed E-state index contributed by atoms with van der Waals surface area (Å²) in [7, 11) is 1.85. The summed E-state index contributed by atoms with van der Waals surface area (Å²) >= 11 is 0. The summed E-state index contributed by atoms with van der Waals surface area (Å²) in [6, 6.07) is 10.1. The topological polar surface area (TPSA) is 41.6 Å². The van der Waals surface area contributed by atoms with E-state index in [9.17, 15) is 0 Å². The third kappa shape index (κ3) is 1.50. The van der Waals surface area contributed by atoms with Gasteiger partial charge >= 0.3 is 0 Å². The lowest BCUT2D eigenvalue weighted by atomic mass is 10.1. The highest BCUT2D eigenvalue weighted by molar-refractivity contribution is 5.61. The van der Waals surface area contributed by atoms with Gasteiger partial charge < -0.3 is 4.57 Å². The molecule has 0 saturated carbocycles. The summed E-state index contributed by atoms with van der Waals surface area (Å²) in [5.41, 5.74) is 2.81. The molecule has 0 radical (unpaired) electrons. The monoisotopic (exact) mass is 197 g/mol. The van der Waals surface area contributed by atoms with E-state index >= 15 is 0 Å². The van der Waals surface area contributed by atoms with Crippen LogP contribution in [-0.4, -0.2) is 9.55 Å². The molecule has 0 bridgehead atoms. The lowest BCUT2D eigenvalue weighted by molar-refractivity contribution is 0.906. The largest absolute Gasteiger partial charge is 0.319 e. The van der Waals surface area contributed by atoms with Crippen LogP contribution in [0.4, 0.5) is 0 Å². The van der Waals surface area contributed by atoms with Crippen LogP contribution in [0.5, 0.6) is 0 Å². The lowest BCUT2D eigenvalue weighted by Crippen LogP contribution is -1.96. The first kappa shape index (κ1) is 9.47. The maximum Gasteiger partial charge on any atom is 0.140 e. The van der Waals surface area contributed by atoms with Crippen LogP contribution in [0.25, 0.3) is 11.4 Å². The first-order chi connectivity index (χ1) is 7.24. The van der Waals surface area contributed by atoms with Gasteiger partial charge in [0.05, 0.1) is 6.20 Å². The molecule has 15 heavy (non-hydrogen) atoms. The van der Waals surface area contributed by atoms with Crippen molar-refractivity contribution in [2.45, 2.75) is 6.92 Å². The molecule has 0 atom stereocenters. The van der Waals surface area contributed by atoms with Crippen LogP contribution in [-0.2, 0) is 7.05 Å². The summed E-state index contributed by atoms with van der Waals surface area (Å²) in [5, 5.41) is 8.84. The Balaban J connectivity index is 2.61. The van der Waals surface area contributed by atoms with E-state index in [0.717, 1.165) is 17.0 Å². The molecule has 0 fully saturated rings. The Bertz CT molecular complexity index is 532. The van der Waals surface area contributed by atoms with Gasteiger partial charge in [-0.1, -0.05) is 24.3 Å². The second-order valence-corrected chi connectivity index (χ2v) is 3.45. The van der Waals surface area contributed by atoms with Crippen LogP contribution in [0.15, 0.2) is 30.5 Å². The van der Waals surface area contributed by atoms with Gasteiger partial charge in [-0.25, -0.2) is 4.98 Å². The minimum absolute atomic E-state index is 0.577. The van der Waals surface area contributed by atoms with E-state index in [1.54, 1.807) is 6.20 Å². The zero-order valence-corrected chi connectivity index (χ0v) is 8.73. The van der Waals surface area contributed by atoms with E-state index in [1.807, 2.05) is 42.8 Å². The van der Waals surface area contributed by atoms with Gasteiger partial charge in [-0.2, -0.15) is 5.26 Å². The molecule has 0 aliphatic rings. The second kappa shape index (κ2) is 3.58. The van der Waals surface area contributed by atoms with E-state index in [1.165, 1.54) is 0 Å². The predicted octanol–water partition coefficient (Wildman–Crippen LogP) is 2.27. The van der Waals surface area contributed by atoms with Gasteiger partial charge in [-0.05, 0) is 12.5 Å². The lowest BCUT2D eigenvalue weighted by Gasteiger charge is -2.05. The maximum absolute atomic E-state index is 8.84. The van der Waals surface area contributed by atoms with E-state index in [2.05, 4.69) is 11.1 Å². The molecule has 1 heterocycles. The van der Waals surface area contributed by atoms with Crippen molar-refractivity contribution in [1.29, 1.82) is 5.26 Å². The Labute approximate surface area is 88.6 Å². The molecule has 0 amide bonds. The standard InChI is InChI=1S/C12H11N3/c1-9-5-3-4-6-11(9)12-14-8-10(7-13)15(12)2/h3-6,8H,1-2H3. The van der Waals surface area contributed by atoms with Gasteiger partial charge in [0.25, 0.3) is 0 Å². The highest BCUT2D eigenvalue weighted by atomic mass is 15.1. The molecule has 1 aromatic heterocycles. The molecule has 3 heteroatoms. The molecular weight excluding hydrogens is 186 g/mol. The van der Waals surface area contributed by atoms with E-state index in [4.69, 9.17) is 5.26 Å². The summed E-state index contributed by atoms with van der Waals surface area (Å²) < 4.78 is 1.81. The molecule has 1 aromatic carbocycles. The van der Waals surface area contributed by atoms with Gasteiger partial charge in [0.15, 0.2) is 0 Å². The molecular formula is C12H11N3. The Morgan fingerprint density at radius 2 is 2.07 bits per heavy atom. The molecule has 0 aliphatic carbocycles. The number of hydrogen-bond acceptors (Lipinski definition) is 2. The number of benzene rings is 1. The zero-order chi connectivity index (χ0) is 10.8. The summed E-state index contributed by atoms with van der Waals surface area (Å²) in [6.45, 7) is 2.04. The van der Waals surface area contributed by atoms with Crippen molar-refractivity contribution in [3.8, 4) is 17.5 Å². The third-order valence-corrected chi connectivity index (χ3v) is 2.49. The van der Waals surface area contributed by atoms with E-state index < -0.39 is 0 Å². The fourth-order valence-electron chi connectivity index (χ4n) is 1.59. The van der Waals surface area contributed by atoms with Gasteiger partial charge in [-0.15, -0.1) is 0 Å². The Hall–Kier alpha value is -2.08. The number of aromatic nitrogens is 2. The van der Waals surface area contributed by atoms with Crippen molar-refractivity contribution in [3.05, 3.63) is 41.7 Å². The molecule has 0 N–H and O–H groups in total. The van der Waals surface area contributed by atoms with Crippen LogP contribution in [0.2, 0.25) is 0 Å². The van der Waals surface area contributed by atoms with Crippen molar-refractivity contribution in [3.63, 3.8) is 0 Å². The molecule has 2 rings (SSSR count). The average molecular weight is 197 g/mol. The fraction of sp³-hybridized carbons (Fsp3) is 0.167. The van der Waals surface area contributed by atoms with Crippen molar-refractivity contribution in [1.82, 2.24) is 9.55 Å². The van der Waals surface area contributed by atoms with Crippen molar-refractivity contribution < 1.29 is 0 Å². The van der Waals surface area contributed by atoms with Gasteiger partial charge in [0, 0.05) is 12.6 Å². The van der Waals surface area contributed by atoms with Crippen LogP contribution >= 0.6 is 0 Å². The molecule has 0 spiro atoms. The first-order valence-corrected chi connectivity index (χ1v) is 4.72. The highest BCUT2D eigenvalue weighted by Crippen LogP contribution is 2.21. The SMILES string of the molecule is Cc1ccccc1-c1ncc(C#N)n1C. The predicted molar refractivity (Wildman–Crippen MR) is 58.1 cm³/mol. The molecule has 74 valence electrons. The van der Waals surface area contributed by atoms with Crippen LogP contribution in [0, 0.1) is 18.3 Å². The van der Waals surface area contributed by atoms with Crippen LogP contribution in [0.3, 0.4) is 0 Å². The fourth-order valence-corrected chi connectivity index (χ4v) is 1.59. The number of imidazole rings is 1. The minimum Gasteiger partial charge on any atom is -0.319 e. The molecule has 0 saturated heterocycles. The van der Waals surface area contributed by atoms with Crippen LogP contribution < -0.4 is 0 Å². The number of nitrogens with zero attached hydrogens (tertiary/aromatic N) is 3. The number of hydrogen-bond donors (Lipinski definition) is 0. The van der Waals surface area contributed by atoms with Crippen LogP contribution in [0.1, 0.15) is 11.3 Å². The summed E-state index contributed by atoms with van der Waals surface area (Å²) in [5.74, 6) is 0.838. The van der Waals surface area contributed by atoms with Crippen molar-refractivity contribution in [2.24, 2.45) is 7.05 Å². The molecule has 3 nitrogen and oxygen atoms in total. The second-order valence-electron chi connectivity index (χ2n) is 3.45. The van der Waals surface area contributed by atoms with Crippen molar-refractivity contribution in [2.75, 3.05) is 0 Å². The zero-order valence-electron chi connectivity index (χ0n) is 8.73. The molecule has 0 aliphatic heterocycles. The smallest absolute Gasteiger partial charge is 0.140 e. The van der Waals surface area contributed by atoms with E-state index in [0.29, 0.717) is 5.69 Å². The third-order valence-electron chi connectivity index (χ3n) is 2.49. The normalized spacial score (nSPS) is 9.93. The number of aryl methyl sites for hydroxylation is 1. The van der Waals surface area contributed by atoms with Gasteiger partial charge in [0.1, 0.15) is 17.6 Å². The quantitative estimate of drug-likeness (QED) is 0.703. The number of rotatable bonds is 1. The average Bonchev–Trinajstić information content (AvgIpc) is 2.60. The Kier molecular flexibility index (Phi) is 2.26. The van der Waals surface area contributed by atoms with Crippen molar-refractivity contribution >= 4 is 0 Å². The maximum atomic E-state index is 8.84. The first-order valence-electron chi connectivity index (χ1n) is 4.72. The highest BCUT2D eigenvalue weighted by Gasteiger charge is 2.09. The van der Waals surface area contributed by atoms with Gasteiger partial charge in [-0.3, -0.25) is 0 Å². The molecule has 2 aromatic rings. The van der Waals surface area contributed by atoms with E-state index in [-0.39, 0.29) is 0 Å². The minimum atomic E-state index is 0.577.